The van der Waals surface area contributed by atoms with Gasteiger partial charge in [0.15, 0.2) is 0 Å². The molecule has 0 spiro atoms. The van der Waals surface area contributed by atoms with Gasteiger partial charge in [-0.25, -0.2) is 4.98 Å². The normalized spacial score (nSPS) is 18.7. The van der Waals surface area contributed by atoms with Crippen LogP contribution in [0.4, 0.5) is 0 Å². The van der Waals surface area contributed by atoms with Gasteiger partial charge >= 0.3 is 0 Å². The van der Waals surface area contributed by atoms with Crippen LogP contribution in [0.1, 0.15) is 23.2 Å². The van der Waals surface area contributed by atoms with E-state index in [0.29, 0.717) is 24.0 Å². The molecule has 0 aromatic carbocycles. The lowest BCUT2D eigenvalue weighted by Crippen LogP contribution is -2.41. The summed E-state index contributed by atoms with van der Waals surface area (Å²) in [5.41, 5.74) is 0.474. The summed E-state index contributed by atoms with van der Waals surface area (Å²) in [4.78, 5) is 18.6. The van der Waals surface area contributed by atoms with Gasteiger partial charge in [-0.2, -0.15) is 0 Å². The molecule has 1 aliphatic rings. The van der Waals surface area contributed by atoms with E-state index in [2.05, 4.69) is 15.2 Å². The van der Waals surface area contributed by atoms with Crippen molar-refractivity contribution in [3.8, 4) is 5.88 Å². The van der Waals surface area contributed by atoms with Gasteiger partial charge in [-0.05, 0) is 31.5 Å². The number of nitrogens with zero attached hydrogens (tertiary/aromatic N) is 2. The van der Waals surface area contributed by atoms with E-state index < -0.39 is 0 Å². The Bertz CT molecular complexity index is 467. The van der Waals surface area contributed by atoms with Gasteiger partial charge in [-0.3, -0.25) is 9.69 Å². The van der Waals surface area contributed by atoms with Crippen molar-refractivity contribution in [2.45, 2.75) is 18.9 Å². The molecular formula is C15H23N3O3. The summed E-state index contributed by atoms with van der Waals surface area (Å²) in [6.07, 6.45) is 3.88. The van der Waals surface area contributed by atoms with Crippen molar-refractivity contribution in [3.63, 3.8) is 0 Å². The summed E-state index contributed by atoms with van der Waals surface area (Å²) in [6, 6.07) is 3.84. The van der Waals surface area contributed by atoms with Crippen molar-refractivity contribution in [1.29, 1.82) is 0 Å². The first kappa shape index (κ1) is 15.7. The van der Waals surface area contributed by atoms with E-state index in [1.54, 1.807) is 25.4 Å². The molecule has 1 aliphatic heterocycles. The third kappa shape index (κ3) is 4.15. The predicted molar refractivity (Wildman–Crippen MR) is 79.6 cm³/mol. The first-order chi connectivity index (χ1) is 10.3. The lowest BCUT2D eigenvalue weighted by molar-refractivity contribution is 0.0929. The van der Waals surface area contributed by atoms with Gasteiger partial charge in [0.05, 0.1) is 13.7 Å². The standard InChI is InChI=1S/C15H23N3O3/c1-20-10-9-18-8-4-5-12(18)11-17-14(19)13-6-3-7-16-15(13)21-2/h3,6-7,12H,4-5,8-11H2,1-2H3,(H,17,19). The number of amides is 1. The number of hydrogen-bond acceptors (Lipinski definition) is 5. The van der Waals surface area contributed by atoms with E-state index in [9.17, 15) is 4.79 Å². The second-order valence-corrected chi connectivity index (χ2v) is 5.10. The van der Waals surface area contributed by atoms with Crippen LogP contribution in [0.3, 0.4) is 0 Å². The van der Waals surface area contributed by atoms with Crippen LogP contribution in [-0.4, -0.2) is 62.3 Å². The quantitative estimate of drug-likeness (QED) is 0.810. The summed E-state index contributed by atoms with van der Waals surface area (Å²) < 4.78 is 10.2. The number of aromatic nitrogens is 1. The molecule has 1 aromatic rings. The van der Waals surface area contributed by atoms with E-state index in [0.717, 1.165) is 26.1 Å². The molecule has 1 N–H and O–H groups in total. The predicted octanol–water partition coefficient (Wildman–Crippen LogP) is 0.931. The first-order valence-corrected chi connectivity index (χ1v) is 7.26. The molecule has 1 unspecified atom stereocenters. The van der Waals surface area contributed by atoms with Gasteiger partial charge < -0.3 is 14.8 Å². The van der Waals surface area contributed by atoms with E-state index in [-0.39, 0.29) is 5.91 Å². The van der Waals surface area contributed by atoms with Crippen LogP contribution in [0.5, 0.6) is 5.88 Å². The average molecular weight is 293 g/mol. The van der Waals surface area contributed by atoms with E-state index >= 15 is 0 Å². The Hall–Kier alpha value is -1.66. The maximum Gasteiger partial charge on any atom is 0.256 e. The second kappa shape index (κ2) is 7.95. The van der Waals surface area contributed by atoms with Gasteiger partial charge in [0.1, 0.15) is 5.56 Å². The zero-order chi connectivity index (χ0) is 15.1. The molecule has 116 valence electrons. The lowest BCUT2D eigenvalue weighted by atomic mass is 10.2. The molecule has 1 fully saturated rings. The molecular weight excluding hydrogens is 270 g/mol. The highest BCUT2D eigenvalue weighted by molar-refractivity contribution is 5.96. The van der Waals surface area contributed by atoms with E-state index in [1.807, 2.05) is 0 Å². The van der Waals surface area contributed by atoms with Gasteiger partial charge in [-0.1, -0.05) is 0 Å². The van der Waals surface area contributed by atoms with Crippen LogP contribution in [0, 0.1) is 0 Å². The molecule has 0 radical (unpaired) electrons. The molecule has 6 nitrogen and oxygen atoms in total. The molecule has 1 saturated heterocycles. The fraction of sp³-hybridized carbons (Fsp3) is 0.600. The molecule has 2 heterocycles. The molecule has 0 saturated carbocycles. The first-order valence-electron chi connectivity index (χ1n) is 7.26. The van der Waals surface area contributed by atoms with Crippen LogP contribution in [0.2, 0.25) is 0 Å². The molecule has 2 rings (SSSR count). The van der Waals surface area contributed by atoms with Crippen molar-refractivity contribution >= 4 is 5.91 Å². The van der Waals surface area contributed by atoms with Crippen molar-refractivity contribution in [2.75, 3.05) is 40.5 Å². The summed E-state index contributed by atoms with van der Waals surface area (Å²) in [5, 5.41) is 2.98. The Morgan fingerprint density at radius 1 is 1.52 bits per heavy atom. The second-order valence-electron chi connectivity index (χ2n) is 5.10. The highest BCUT2D eigenvalue weighted by Gasteiger charge is 2.24. The smallest absolute Gasteiger partial charge is 0.256 e. The lowest BCUT2D eigenvalue weighted by Gasteiger charge is -2.24. The van der Waals surface area contributed by atoms with Crippen LogP contribution >= 0.6 is 0 Å². The largest absolute Gasteiger partial charge is 0.480 e. The summed E-state index contributed by atoms with van der Waals surface area (Å²) in [7, 11) is 3.23. The summed E-state index contributed by atoms with van der Waals surface area (Å²) in [5.74, 6) is 0.219. The topological polar surface area (TPSA) is 63.7 Å². The number of carbonyl (C=O) groups excluding carboxylic acids is 1. The van der Waals surface area contributed by atoms with Crippen molar-refractivity contribution in [3.05, 3.63) is 23.9 Å². The molecule has 0 bridgehead atoms. The Morgan fingerprint density at radius 3 is 3.14 bits per heavy atom. The Balaban J connectivity index is 1.88. The zero-order valence-corrected chi connectivity index (χ0v) is 12.7. The number of ether oxygens (including phenoxy) is 2. The maximum atomic E-state index is 12.2. The van der Waals surface area contributed by atoms with Gasteiger partial charge in [-0.15, -0.1) is 0 Å². The van der Waals surface area contributed by atoms with E-state index in [1.165, 1.54) is 13.5 Å². The number of hydrogen-bond donors (Lipinski definition) is 1. The molecule has 1 amide bonds. The molecule has 6 heteroatoms. The summed E-state index contributed by atoms with van der Waals surface area (Å²) >= 11 is 0. The maximum absolute atomic E-state index is 12.2. The number of likely N-dealkylation sites (tertiary alicyclic amines) is 1. The monoisotopic (exact) mass is 293 g/mol. The van der Waals surface area contributed by atoms with Crippen LogP contribution in [-0.2, 0) is 4.74 Å². The van der Waals surface area contributed by atoms with Crippen LogP contribution in [0.15, 0.2) is 18.3 Å². The molecule has 1 aromatic heterocycles. The average Bonchev–Trinajstić information content (AvgIpc) is 2.97. The highest BCUT2D eigenvalue weighted by Crippen LogP contribution is 2.17. The van der Waals surface area contributed by atoms with Gasteiger partial charge in [0.2, 0.25) is 5.88 Å². The van der Waals surface area contributed by atoms with E-state index in [4.69, 9.17) is 9.47 Å². The molecule has 0 aliphatic carbocycles. The summed E-state index contributed by atoms with van der Waals surface area (Å²) in [6.45, 7) is 3.34. The third-order valence-electron chi connectivity index (χ3n) is 3.79. The van der Waals surface area contributed by atoms with Crippen molar-refractivity contribution in [2.24, 2.45) is 0 Å². The Kier molecular flexibility index (Phi) is 5.95. The SMILES string of the molecule is COCCN1CCCC1CNC(=O)c1cccnc1OC. The van der Waals surface area contributed by atoms with Crippen molar-refractivity contribution in [1.82, 2.24) is 15.2 Å². The number of nitrogens with one attached hydrogen (secondary N) is 1. The van der Waals surface area contributed by atoms with Gasteiger partial charge in [0.25, 0.3) is 5.91 Å². The zero-order valence-electron chi connectivity index (χ0n) is 12.7. The fourth-order valence-corrected chi connectivity index (χ4v) is 2.66. The van der Waals surface area contributed by atoms with Crippen LogP contribution in [0.25, 0.3) is 0 Å². The minimum absolute atomic E-state index is 0.140. The number of methoxy groups -OCH3 is 2. The Labute approximate surface area is 125 Å². The molecule has 21 heavy (non-hydrogen) atoms. The van der Waals surface area contributed by atoms with Crippen LogP contribution < -0.4 is 10.1 Å². The van der Waals surface area contributed by atoms with Gasteiger partial charge in [0, 0.05) is 32.4 Å². The fourth-order valence-electron chi connectivity index (χ4n) is 2.66. The number of carbonyl (C=O) groups is 1. The Morgan fingerprint density at radius 2 is 2.38 bits per heavy atom. The van der Waals surface area contributed by atoms with Crippen molar-refractivity contribution < 1.29 is 14.3 Å². The minimum Gasteiger partial charge on any atom is -0.480 e. The minimum atomic E-state index is -0.140. The number of rotatable bonds is 7. The third-order valence-corrected chi connectivity index (χ3v) is 3.79. The molecule has 1 atom stereocenters. The highest BCUT2D eigenvalue weighted by atomic mass is 16.5. The number of pyridine rings is 1.